The number of urea groups is 1. The molecular weight excluding hydrogens is 294 g/mol. The van der Waals surface area contributed by atoms with Crippen molar-refractivity contribution in [3.8, 4) is 0 Å². The first kappa shape index (κ1) is 17.1. The van der Waals surface area contributed by atoms with E-state index in [2.05, 4.69) is 10.2 Å². The summed E-state index contributed by atoms with van der Waals surface area (Å²) >= 11 is 0. The molecule has 0 saturated carbocycles. The molecule has 1 N–H and O–H groups in total. The number of carbonyl (C=O) groups excluding carboxylic acids is 2. The van der Waals surface area contributed by atoms with Crippen LogP contribution in [0.1, 0.15) is 36.5 Å². The SMILES string of the molecule is CCCN(C)C(=O)Nc1cc(C(=O)OC)ccc1N1CCCC1. The number of amides is 2. The Morgan fingerprint density at radius 3 is 2.61 bits per heavy atom. The van der Waals surface area contributed by atoms with E-state index in [0.29, 0.717) is 17.8 Å². The second kappa shape index (κ2) is 7.85. The highest BCUT2D eigenvalue weighted by atomic mass is 16.5. The van der Waals surface area contributed by atoms with Crippen LogP contribution in [0.5, 0.6) is 0 Å². The number of hydrogen-bond donors (Lipinski definition) is 1. The zero-order chi connectivity index (χ0) is 16.8. The molecule has 1 aliphatic heterocycles. The molecule has 6 nitrogen and oxygen atoms in total. The lowest BCUT2D eigenvalue weighted by Crippen LogP contribution is -2.32. The van der Waals surface area contributed by atoms with Gasteiger partial charge in [-0.2, -0.15) is 0 Å². The smallest absolute Gasteiger partial charge is 0.337 e. The Morgan fingerprint density at radius 2 is 2.00 bits per heavy atom. The van der Waals surface area contributed by atoms with Crippen molar-refractivity contribution in [1.82, 2.24) is 4.90 Å². The summed E-state index contributed by atoms with van der Waals surface area (Å²) in [4.78, 5) is 27.9. The van der Waals surface area contributed by atoms with Crippen LogP contribution in [0.4, 0.5) is 16.2 Å². The minimum atomic E-state index is -0.407. The summed E-state index contributed by atoms with van der Waals surface area (Å²) in [5, 5.41) is 2.93. The fourth-order valence-electron chi connectivity index (χ4n) is 2.76. The minimum absolute atomic E-state index is 0.172. The van der Waals surface area contributed by atoms with Gasteiger partial charge in [-0.1, -0.05) is 6.92 Å². The summed E-state index contributed by atoms with van der Waals surface area (Å²) in [6, 6.07) is 5.14. The molecule has 1 heterocycles. The lowest BCUT2D eigenvalue weighted by Gasteiger charge is -2.24. The van der Waals surface area contributed by atoms with Crippen molar-refractivity contribution in [2.75, 3.05) is 44.0 Å². The summed E-state index contributed by atoms with van der Waals surface area (Å²) in [6.07, 6.45) is 3.18. The van der Waals surface area contributed by atoms with E-state index in [4.69, 9.17) is 4.74 Å². The molecule has 0 bridgehead atoms. The van der Waals surface area contributed by atoms with E-state index in [1.54, 1.807) is 24.1 Å². The number of rotatable bonds is 5. The Hall–Kier alpha value is -2.24. The van der Waals surface area contributed by atoms with Crippen LogP contribution in [0.3, 0.4) is 0 Å². The maximum Gasteiger partial charge on any atom is 0.337 e. The summed E-state index contributed by atoms with van der Waals surface area (Å²) < 4.78 is 4.77. The van der Waals surface area contributed by atoms with Crippen LogP contribution in [-0.2, 0) is 4.74 Å². The van der Waals surface area contributed by atoms with Crippen LogP contribution in [-0.4, -0.2) is 50.7 Å². The summed E-state index contributed by atoms with van der Waals surface area (Å²) in [7, 11) is 3.11. The van der Waals surface area contributed by atoms with E-state index in [1.807, 2.05) is 13.0 Å². The minimum Gasteiger partial charge on any atom is -0.465 e. The van der Waals surface area contributed by atoms with E-state index >= 15 is 0 Å². The van der Waals surface area contributed by atoms with Gasteiger partial charge in [0.15, 0.2) is 0 Å². The Kier molecular flexibility index (Phi) is 5.84. The Labute approximate surface area is 137 Å². The number of carbonyl (C=O) groups is 2. The summed E-state index contributed by atoms with van der Waals surface area (Å²) in [5.74, 6) is -0.407. The van der Waals surface area contributed by atoms with Crippen molar-refractivity contribution >= 4 is 23.4 Å². The van der Waals surface area contributed by atoms with Gasteiger partial charge >= 0.3 is 12.0 Å². The van der Waals surface area contributed by atoms with E-state index in [1.165, 1.54) is 7.11 Å². The molecular formula is C17H25N3O3. The zero-order valence-corrected chi connectivity index (χ0v) is 14.1. The van der Waals surface area contributed by atoms with Crippen LogP contribution >= 0.6 is 0 Å². The van der Waals surface area contributed by atoms with E-state index in [9.17, 15) is 9.59 Å². The van der Waals surface area contributed by atoms with Crippen LogP contribution in [0.2, 0.25) is 0 Å². The van der Waals surface area contributed by atoms with E-state index in [0.717, 1.165) is 38.0 Å². The zero-order valence-electron chi connectivity index (χ0n) is 14.1. The maximum atomic E-state index is 12.3. The number of ether oxygens (including phenoxy) is 1. The van der Waals surface area contributed by atoms with Gasteiger partial charge in [-0.3, -0.25) is 0 Å². The van der Waals surface area contributed by atoms with Crippen molar-refractivity contribution in [1.29, 1.82) is 0 Å². The van der Waals surface area contributed by atoms with Crippen LogP contribution in [0.15, 0.2) is 18.2 Å². The Morgan fingerprint density at radius 1 is 1.30 bits per heavy atom. The molecule has 0 unspecified atom stereocenters. The van der Waals surface area contributed by atoms with Gasteiger partial charge in [0, 0.05) is 26.7 Å². The average Bonchev–Trinajstić information content (AvgIpc) is 3.08. The molecule has 23 heavy (non-hydrogen) atoms. The number of methoxy groups -OCH3 is 1. The second-order valence-electron chi connectivity index (χ2n) is 5.77. The van der Waals surface area contributed by atoms with Crippen molar-refractivity contribution < 1.29 is 14.3 Å². The summed E-state index contributed by atoms with van der Waals surface area (Å²) in [6.45, 7) is 4.63. The number of hydrogen-bond acceptors (Lipinski definition) is 4. The highest BCUT2D eigenvalue weighted by Crippen LogP contribution is 2.30. The molecule has 2 amide bonds. The van der Waals surface area contributed by atoms with Crippen molar-refractivity contribution in [2.24, 2.45) is 0 Å². The van der Waals surface area contributed by atoms with Crippen molar-refractivity contribution in [3.63, 3.8) is 0 Å². The first-order valence-corrected chi connectivity index (χ1v) is 8.06. The monoisotopic (exact) mass is 319 g/mol. The van der Waals surface area contributed by atoms with Gasteiger partial charge in [0.1, 0.15) is 0 Å². The van der Waals surface area contributed by atoms with Gasteiger partial charge in [-0.25, -0.2) is 9.59 Å². The molecule has 6 heteroatoms. The maximum absolute atomic E-state index is 12.3. The number of nitrogens with one attached hydrogen (secondary N) is 1. The highest BCUT2D eigenvalue weighted by Gasteiger charge is 2.20. The van der Waals surface area contributed by atoms with Gasteiger partial charge < -0.3 is 19.9 Å². The van der Waals surface area contributed by atoms with Gasteiger partial charge in [-0.05, 0) is 37.5 Å². The summed E-state index contributed by atoms with van der Waals surface area (Å²) in [5.41, 5.74) is 2.04. The third kappa shape index (κ3) is 4.15. The largest absolute Gasteiger partial charge is 0.465 e. The van der Waals surface area contributed by atoms with Crippen molar-refractivity contribution in [3.05, 3.63) is 23.8 Å². The third-order valence-corrected chi connectivity index (χ3v) is 4.01. The fourth-order valence-corrected chi connectivity index (χ4v) is 2.76. The number of anilines is 2. The van der Waals surface area contributed by atoms with Gasteiger partial charge in [-0.15, -0.1) is 0 Å². The number of nitrogens with zero attached hydrogens (tertiary/aromatic N) is 2. The van der Waals surface area contributed by atoms with Gasteiger partial charge in [0.05, 0.1) is 24.0 Å². The molecule has 0 aliphatic carbocycles. The molecule has 2 rings (SSSR count). The molecule has 0 atom stereocenters. The predicted molar refractivity (Wildman–Crippen MR) is 91.2 cm³/mol. The average molecular weight is 319 g/mol. The molecule has 0 spiro atoms. The lowest BCUT2D eigenvalue weighted by atomic mass is 10.1. The third-order valence-electron chi connectivity index (χ3n) is 4.01. The molecule has 1 aromatic carbocycles. The van der Waals surface area contributed by atoms with Crippen molar-refractivity contribution in [2.45, 2.75) is 26.2 Å². The fraction of sp³-hybridized carbons (Fsp3) is 0.529. The van der Waals surface area contributed by atoms with Crippen LogP contribution in [0.25, 0.3) is 0 Å². The lowest BCUT2D eigenvalue weighted by molar-refractivity contribution is 0.0600. The molecule has 126 valence electrons. The predicted octanol–water partition coefficient (Wildman–Crippen LogP) is 2.95. The Bertz CT molecular complexity index is 568. The molecule has 1 aromatic rings. The molecule has 1 aliphatic rings. The van der Waals surface area contributed by atoms with Crippen LogP contribution in [0, 0.1) is 0 Å². The topological polar surface area (TPSA) is 61.9 Å². The molecule has 0 aromatic heterocycles. The van der Waals surface area contributed by atoms with Gasteiger partial charge in [0.2, 0.25) is 0 Å². The molecule has 0 radical (unpaired) electrons. The number of benzene rings is 1. The molecule has 1 fully saturated rings. The quantitative estimate of drug-likeness (QED) is 0.848. The normalized spacial score (nSPS) is 13.8. The van der Waals surface area contributed by atoms with Crippen LogP contribution < -0.4 is 10.2 Å². The first-order valence-electron chi connectivity index (χ1n) is 8.06. The number of esters is 1. The second-order valence-corrected chi connectivity index (χ2v) is 5.77. The standard InChI is InChI=1S/C17H25N3O3/c1-4-9-19(2)17(22)18-14-12-13(16(21)23-3)7-8-15(14)20-10-5-6-11-20/h7-8,12H,4-6,9-11H2,1-3H3,(H,18,22). The van der Waals surface area contributed by atoms with E-state index in [-0.39, 0.29) is 6.03 Å². The molecule has 1 saturated heterocycles. The highest BCUT2D eigenvalue weighted by molar-refractivity contribution is 5.97. The van der Waals surface area contributed by atoms with Gasteiger partial charge in [0.25, 0.3) is 0 Å². The Balaban J connectivity index is 2.28. The first-order chi connectivity index (χ1) is 11.1. The van der Waals surface area contributed by atoms with E-state index < -0.39 is 5.97 Å².